The summed E-state index contributed by atoms with van der Waals surface area (Å²) in [5.74, 6) is -6.20. The van der Waals surface area contributed by atoms with Crippen molar-refractivity contribution in [2.24, 2.45) is 47.3 Å². The molecule has 3 aliphatic rings. The highest BCUT2D eigenvalue weighted by molar-refractivity contribution is 5.92. The molecule has 2 fully saturated rings. The van der Waals surface area contributed by atoms with Crippen LogP contribution in [0.2, 0.25) is 0 Å². The molecule has 400 valence electrons. The predicted octanol–water partition coefficient (Wildman–Crippen LogP) is 11.8. The molecule has 3 heterocycles. The molecule has 72 heavy (non-hydrogen) atoms. The Labute approximate surface area is 431 Å². The maximum Gasteiger partial charge on any atom is 0.311 e. The number of cyclic esters (lactones) is 2. The Balaban J connectivity index is 1.54. The van der Waals surface area contributed by atoms with Crippen LogP contribution in [-0.2, 0) is 70.3 Å². The number of ketones is 2. The van der Waals surface area contributed by atoms with Crippen LogP contribution in [0.3, 0.4) is 0 Å². The van der Waals surface area contributed by atoms with Gasteiger partial charge in [-0.15, -0.1) is 0 Å². The Morgan fingerprint density at radius 1 is 0.486 bits per heavy atom. The molecule has 0 unspecified atom stereocenters. The van der Waals surface area contributed by atoms with E-state index >= 15 is 0 Å². The number of esters is 2. The van der Waals surface area contributed by atoms with Crippen molar-refractivity contribution >= 4 is 23.5 Å². The summed E-state index contributed by atoms with van der Waals surface area (Å²) in [7, 11) is 0. The van der Waals surface area contributed by atoms with Gasteiger partial charge < -0.3 is 37.9 Å². The third kappa shape index (κ3) is 15.1. The van der Waals surface area contributed by atoms with E-state index < -0.39 is 82.8 Å². The van der Waals surface area contributed by atoms with E-state index in [-0.39, 0.29) is 60.7 Å². The smallest absolute Gasteiger partial charge is 0.311 e. The van der Waals surface area contributed by atoms with Crippen LogP contribution >= 0.6 is 0 Å². The second-order valence-corrected chi connectivity index (χ2v) is 22.7. The Hall–Kier alpha value is -4.04. The van der Waals surface area contributed by atoms with Gasteiger partial charge in [-0.25, -0.2) is 0 Å². The first-order valence-electron chi connectivity index (χ1n) is 26.7. The van der Waals surface area contributed by atoms with Gasteiger partial charge in [-0.05, 0) is 128 Å². The van der Waals surface area contributed by atoms with Gasteiger partial charge in [0, 0.05) is 23.7 Å². The van der Waals surface area contributed by atoms with Crippen LogP contribution in [0.1, 0.15) is 148 Å². The maximum atomic E-state index is 14.5. The van der Waals surface area contributed by atoms with Gasteiger partial charge in [0.15, 0.2) is 23.1 Å². The van der Waals surface area contributed by atoms with E-state index in [0.717, 1.165) is 11.1 Å². The first-order chi connectivity index (χ1) is 33.7. The molecule has 0 aromatic heterocycles. The Morgan fingerprint density at radius 2 is 0.806 bits per heavy atom. The normalized spacial score (nSPS) is 38.6. The van der Waals surface area contributed by atoms with Crippen LogP contribution in [0.4, 0.5) is 0 Å². The molecule has 0 radical (unpaired) electrons. The van der Waals surface area contributed by atoms with E-state index in [2.05, 4.69) is 13.8 Å². The van der Waals surface area contributed by atoms with Crippen molar-refractivity contribution in [2.75, 3.05) is 0 Å². The molecular weight excluding hydrogens is 913 g/mol. The van der Waals surface area contributed by atoms with Crippen molar-refractivity contribution in [1.82, 2.24) is 0 Å². The molecule has 5 rings (SSSR count). The highest BCUT2D eigenvalue weighted by atomic mass is 16.7. The minimum atomic E-state index is -1.19. The lowest BCUT2D eigenvalue weighted by Crippen LogP contribution is -2.56. The second kappa shape index (κ2) is 25.0. The van der Waals surface area contributed by atoms with Gasteiger partial charge in [0.2, 0.25) is 0 Å². The molecule has 2 aromatic rings. The van der Waals surface area contributed by atoms with E-state index in [1.54, 1.807) is 24.3 Å². The minimum absolute atomic E-state index is 0.105. The van der Waals surface area contributed by atoms with Gasteiger partial charge in [0.1, 0.15) is 23.4 Å². The van der Waals surface area contributed by atoms with Crippen LogP contribution in [-0.4, -0.2) is 82.9 Å². The molecule has 0 aliphatic carbocycles. The van der Waals surface area contributed by atoms with Crippen molar-refractivity contribution in [3.05, 3.63) is 96.1 Å². The summed E-state index contributed by atoms with van der Waals surface area (Å²) in [4.78, 5) is 57.3. The van der Waals surface area contributed by atoms with E-state index in [0.29, 0.717) is 25.7 Å². The highest BCUT2D eigenvalue weighted by Crippen LogP contribution is 2.42. The number of benzene rings is 2. The van der Waals surface area contributed by atoms with Crippen LogP contribution in [0.15, 0.2) is 85.0 Å². The quantitative estimate of drug-likeness (QED) is 0.232. The third-order valence-corrected chi connectivity index (χ3v) is 15.5. The number of carbonyl (C=O) groups is 4. The summed E-state index contributed by atoms with van der Waals surface area (Å²) >= 11 is 0. The van der Waals surface area contributed by atoms with Crippen LogP contribution in [0.25, 0.3) is 0 Å². The lowest BCUT2D eigenvalue weighted by atomic mass is 9.79. The molecule has 12 heteroatoms. The summed E-state index contributed by atoms with van der Waals surface area (Å²) < 4.78 is 52.5. The Bertz CT molecular complexity index is 2000. The van der Waals surface area contributed by atoms with Gasteiger partial charge >= 0.3 is 11.9 Å². The lowest BCUT2D eigenvalue weighted by molar-refractivity contribution is -0.334. The topological polar surface area (TPSA) is 142 Å². The molecule has 2 saturated heterocycles. The molecule has 0 spiro atoms. The van der Waals surface area contributed by atoms with E-state index in [9.17, 15) is 19.2 Å². The van der Waals surface area contributed by atoms with E-state index in [1.807, 2.05) is 158 Å². The zero-order valence-corrected chi connectivity index (χ0v) is 46.3. The zero-order valence-electron chi connectivity index (χ0n) is 46.3. The average molecular weight is 1000 g/mol. The Kier molecular flexibility index (Phi) is 20.4. The van der Waals surface area contributed by atoms with E-state index in [1.165, 1.54) is 0 Å². The van der Waals surface area contributed by atoms with E-state index in [4.69, 9.17) is 37.9 Å². The van der Waals surface area contributed by atoms with Crippen molar-refractivity contribution in [3.63, 3.8) is 0 Å². The summed E-state index contributed by atoms with van der Waals surface area (Å²) in [5, 5.41) is 0. The highest BCUT2D eigenvalue weighted by Gasteiger charge is 2.50. The van der Waals surface area contributed by atoms with Gasteiger partial charge in [-0.2, -0.15) is 0 Å². The molecule has 0 amide bonds. The molecule has 4 bridgehead atoms. The number of hydrogen-bond donors (Lipinski definition) is 0. The number of allylic oxidation sites excluding steroid dienone is 2. The third-order valence-electron chi connectivity index (χ3n) is 15.5. The second-order valence-electron chi connectivity index (χ2n) is 22.7. The standard InChI is InChI=1S/C60H88O12/c1-17-49-59(15,65-35-45-25-21-19-22-26-45)31-29-47(61)37(3)33-39(5)52-42(8)54(72-58(13,14)70-52)44(10)56(64)68-50(18-2)60(16,66-36-46-27-23-20-24-28-46)32-30-48(62)38(4)34-40(6)51-41(7)53(43(9)55(63)67-49)71-57(11,12)69-51/h19-32,37-44,49-54H,17-18,33-36H2,1-16H3/b31-29+,32-30+/t37-,38+,39+,40-,41-,42-,43-,44+,49-,50+,51+,52+,53+,54+,59+,60+/m1/s1. The molecule has 12 nitrogen and oxygen atoms in total. The van der Waals surface area contributed by atoms with Crippen molar-refractivity contribution < 1.29 is 57.1 Å². The average Bonchev–Trinajstić information content (AvgIpc) is 3.35. The van der Waals surface area contributed by atoms with Gasteiger partial charge in [0.25, 0.3) is 0 Å². The fourth-order valence-corrected chi connectivity index (χ4v) is 11.1. The lowest BCUT2D eigenvalue weighted by Gasteiger charge is -2.48. The fourth-order valence-electron chi connectivity index (χ4n) is 11.1. The molecule has 3 aliphatic heterocycles. The summed E-state index contributed by atoms with van der Waals surface area (Å²) in [5.41, 5.74) is -0.520. The largest absolute Gasteiger partial charge is 0.459 e. The van der Waals surface area contributed by atoms with Gasteiger partial charge in [-0.3, -0.25) is 19.2 Å². The SMILES string of the molecule is CC[C@@H]1OC(=O)[C@@H](C)[C@H]2OC(C)(C)O[C@H]([C@H]2C)[C@@H](C)C[C@@H](C)C(=O)/C=C/[C@](C)(OCc2ccccc2)[C@@H](CC)OC(=O)[C@H](C)[C@H]2OC(C)(C)O[C@H]([C@H]2C)[C@H](C)C[C@H](C)C(=O)/C=C/[C@]1(C)OCc1ccccc1. The first-order valence-corrected chi connectivity index (χ1v) is 26.7. The fraction of sp³-hybridized carbons (Fsp3) is 0.667. The van der Waals surface area contributed by atoms with Crippen molar-refractivity contribution in [1.29, 1.82) is 0 Å². The van der Waals surface area contributed by atoms with Gasteiger partial charge in [-0.1, -0.05) is 116 Å². The Morgan fingerprint density at radius 3 is 1.12 bits per heavy atom. The molecule has 0 N–H and O–H groups in total. The first kappa shape index (κ1) is 58.8. The molecule has 2 aromatic carbocycles. The van der Waals surface area contributed by atoms with Crippen molar-refractivity contribution in [2.45, 2.75) is 209 Å². The molecule has 0 saturated carbocycles. The number of hydrogen-bond acceptors (Lipinski definition) is 12. The number of fused-ring (bicyclic) bond motifs is 4. The predicted molar refractivity (Wildman–Crippen MR) is 278 cm³/mol. The van der Waals surface area contributed by atoms with Crippen LogP contribution < -0.4 is 0 Å². The summed E-state index contributed by atoms with van der Waals surface area (Å²) in [6.45, 7) is 31.1. The summed E-state index contributed by atoms with van der Waals surface area (Å²) in [6.07, 6.45) is 4.99. The molecule has 16 atom stereocenters. The zero-order chi connectivity index (χ0) is 53.3. The maximum absolute atomic E-state index is 14.5. The number of ether oxygens (including phenoxy) is 8. The summed E-state index contributed by atoms with van der Waals surface area (Å²) in [6, 6.07) is 19.5. The van der Waals surface area contributed by atoms with Crippen LogP contribution in [0.5, 0.6) is 0 Å². The molecular formula is C60H88O12. The van der Waals surface area contributed by atoms with Crippen molar-refractivity contribution in [3.8, 4) is 0 Å². The van der Waals surface area contributed by atoms with Crippen LogP contribution in [0, 0.1) is 47.3 Å². The number of rotatable bonds is 8. The minimum Gasteiger partial charge on any atom is -0.459 e. The van der Waals surface area contributed by atoms with Gasteiger partial charge in [0.05, 0.1) is 49.5 Å². The monoisotopic (exact) mass is 1000 g/mol. The number of carbonyl (C=O) groups excluding carboxylic acids is 4.